The average molecular weight is 324 g/mol. The second-order valence-electron chi connectivity index (χ2n) is 5.17. The standard InChI is InChI=1S/C12H21N9O2/c1-3-5-20(6-4-2)7-8-9(12(22)15-14)16-19-21(8)11-10(13)17-23-18-11/h3-7,14H2,1-2H3,(H2,13,17)(H,15,22)/p+1. The molecule has 0 saturated heterocycles. The van der Waals surface area contributed by atoms with Crippen molar-refractivity contribution in [2.75, 3.05) is 18.8 Å². The second kappa shape index (κ2) is 7.65. The highest BCUT2D eigenvalue weighted by atomic mass is 16.6. The molecule has 0 aromatic carbocycles. The maximum atomic E-state index is 11.9. The lowest BCUT2D eigenvalue weighted by Gasteiger charge is -2.18. The molecule has 0 saturated carbocycles. The molecular formula is C12H22N9O2+. The zero-order chi connectivity index (χ0) is 16.8. The van der Waals surface area contributed by atoms with E-state index in [4.69, 9.17) is 11.6 Å². The summed E-state index contributed by atoms with van der Waals surface area (Å²) in [6.45, 7) is 6.66. The Morgan fingerprint density at radius 2 is 2.00 bits per heavy atom. The normalized spacial score (nSPS) is 11.1. The fraction of sp³-hybridized carbons (Fsp3) is 0.583. The minimum atomic E-state index is -0.520. The number of hydrogen-bond acceptors (Lipinski definition) is 8. The zero-order valence-electron chi connectivity index (χ0n) is 13.2. The van der Waals surface area contributed by atoms with Gasteiger partial charge in [-0.25, -0.2) is 10.5 Å². The Labute approximate surface area is 132 Å². The number of hydrogen-bond donors (Lipinski definition) is 4. The number of nitrogens with zero attached hydrogens (tertiary/aromatic N) is 5. The van der Waals surface area contributed by atoms with Crippen LogP contribution in [0.3, 0.4) is 0 Å². The summed E-state index contributed by atoms with van der Waals surface area (Å²) in [5.74, 6) is 4.98. The van der Waals surface area contributed by atoms with Gasteiger partial charge in [-0.2, -0.15) is 4.68 Å². The highest BCUT2D eigenvalue weighted by molar-refractivity contribution is 5.92. The molecule has 2 heterocycles. The Morgan fingerprint density at radius 1 is 1.30 bits per heavy atom. The van der Waals surface area contributed by atoms with E-state index in [9.17, 15) is 4.79 Å². The topological polar surface area (TPSA) is 155 Å². The van der Waals surface area contributed by atoms with Gasteiger partial charge < -0.3 is 10.6 Å². The molecule has 6 N–H and O–H groups in total. The van der Waals surface area contributed by atoms with Crippen LogP contribution < -0.4 is 21.9 Å². The zero-order valence-corrected chi connectivity index (χ0v) is 13.2. The van der Waals surface area contributed by atoms with E-state index in [0.29, 0.717) is 12.2 Å². The molecule has 0 aliphatic heterocycles. The highest BCUT2D eigenvalue weighted by Crippen LogP contribution is 2.15. The minimum Gasteiger partial charge on any atom is -0.378 e. The number of amides is 1. The summed E-state index contributed by atoms with van der Waals surface area (Å²) in [7, 11) is 0. The van der Waals surface area contributed by atoms with E-state index < -0.39 is 5.91 Å². The third-order valence-electron chi connectivity index (χ3n) is 3.43. The summed E-state index contributed by atoms with van der Waals surface area (Å²) in [4.78, 5) is 13.2. The molecular weight excluding hydrogens is 302 g/mol. The van der Waals surface area contributed by atoms with Crippen molar-refractivity contribution >= 4 is 11.7 Å². The predicted octanol–water partition coefficient (Wildman–Crippen LogP) is -1.96. The SMILES string of the molecule is CCC[NH+](CCC)Cc1c(C(=O)NN)nnn1-c1nonc1N. The van der Waals surface area contributed by atoms with Crippen molar-refractivity contribution in [3.8, 4) is 5.82 Å². The number of carbonyl (C=O) groups excluding carboxylic acids is 1. The predicted molar refractivity (Wildman–Crippen MR) is 80.3 cm³/mol. The number of nitrogens with one attached hydrogen (secondary N) is 2. The Morgan fingerprint density at radius 3 is 2.52 bits per heavy atom. The van der Waals surface area contributed by atoms with Crippen LogP contribution in [0.25, 0.3) is 5.82 Å². The lowest BCUT2D eigenvalue weighted by molar-refractivity contribution is -0.914. The maximum Gasteiger partial charge on any atom is 0.287 e. The molecule has 0 unspecified atom stereocenters. The Balaban J connectivity index is 2.42. The van der Waals surface area contributed by atoms with Gasteiger partial charge in [-0.05, 0) is 23.2 Å². The van der Waals surface area contributed by atoms with Crippen molar-refractivity contribution in [1.82, 2.24) is 30.7 Å². The highest BCUT2D eigenvalue weighted by Gasteiger charge is 2.26. The van der Waals surface area contributed by atoms with Crippen LogP contribution in [-0.2, 0) is 6.54 Å². The van der Waals surface area contributed by atoms with E-state index in [2.05, 4.69) is 44.5 Å². The molecule has 0 radical (unpaired) electrons. The number of nitrogens with two attached hydrogens (primary N) is 2. The van der Waals surface area contributed by atoms with Crippen molar-refractivity contribution in [3.05, 3.63) is 11.4 Å². The van der Waals surface area contributed by atoms with Gasteiger partial charge in [0.2, 0.25) is 11.6 Å². The van der Waals surface area contributed by atoms with E-state index in [0.717, 1.165) is 25.9 Å². The number of anilines is 1. The van der Waals surface area contributed by atoms with Crippen molar-refractivity contribution in [1.29, 1.82) is 0 Å². The molecule has 0 atom stereocenters. The van der Waals surface area contributed by atoms with E-state index in [1.807, 2.05) is 0 Å². The first-order chi connectivity index (χ1) is 11.1. The maximum absolute atomic E-state index is 11.9. The molecule has 1 amide bonds. The molecule has 0 aliphatic rings. The molecule has 0 aliphatic carbocycles. The summed E-state index contributed by atoms with van der Waals surface area (Å²) in [6.07, 6.45) is 2.03. The van der Waals surface area contributed by atoms with E-state index in [1.54, 1.807) is 0 Å². The first-order valence-electron chi connectivity index (χ1n) is 7.49. The summed E-state index contributed by atoms with van der Waals surface area (Å²) < 4.78 is 5.98. The smallest absolute Gasteiger partial charge is 0.287 e. The van der Waals surface area contributed by atoms with Crippen molar-refractivity contribution in [2.24, 2.45) is 5.84 Å². The summed E-state index contributed by atoms with van der Waals surface area (Å²) in [5, 5.41) is 15.1. The van der Waals surface area contributed by atoms with Gasteiger partial charge in [-0.15, -0.1) is 5.10 Å². The lowest BCUT2D eigenvalue weighted by Crippen LogP contribution is -3.10. The van der Waals surface area contributed by atoms with Crippen LogP contribution in [0.1, 0.15) is 42.9 Å². The molecule has 2 rings (SSSR count). The Kier molecular flexibility index (Phi) is 5.60. The number of hydrazine groups is 1. The summed E-state index contributed by atoms with van der Waals surface area (Å²) in [5.41, 5.74) is 8.50. The quantitative estimate of drug-likeness (QED) is 0.248. The number of carbonyl (C=O) groups is 1. The molecule has 2 aromatic heterocycles. The summed E-state index contributed by atoms with van der Waals surface area (Å²) in [6, 6.07) is 0. The Hall–Kier alpha value is -2.53. The van der Waals surface area contributed by atoms with Crippen molar-refractivity contribution in [3.63, 3.8) is 0 Å². The molecule has 2 aromatic rings. The van der Waals surface area contributed by atoms with Crippen LogP contribution in [0.15, 0.2) is 4.63 Å². The van der Waals surface area contributed by atoms with E-state index in [1.165, 1.54) is 9.58 Å². The van der Waals surface area contributed by atoms with Gasteiger partial charge in [0.05, 0.1) is 13.1 Å². The van der Waals surface area contributed by atoms with Gasteiger partial charge in [-0.1, -0.05) is 19.1 Å². The van der Waals surface area contributed by atoms with Crippen LogP contribution in [0, 0.1) is 0 Å². The molecule has 0 fully saturated rings. The lowest BCUT2D eigenvalue weighted by atomic mass is 10.2. The van der Waals surface area contributed by atoms with Gasteiger partial charge in [0, 0.05) is 0 Å². The Bertz CT molecular complexity index is 645. The fourth-order valence-corrected chi connectivity index (χ4v) is 2.46. The largest absolute Gasteiger partial charge is 0.378 e. The molecule has 0 bridgehead atoms. The minimum absolute atomic E-state index is 0.0726. The second-order valence-corrected chi connectivity index (χ2v) is 5.17. The van der Waals surface area contributed by atoms with Gasteiger partial charge in [0.1, 0.15) is 12.2 Å². The average Bonchev–Trinajstić information content (AvgIpc) is 3.13. The molecule has 126 valence electrons. The van der Waals surface area contributed by atoms with E-state index >= 15 is 0 Å². The molecule has 11 nitrogen and oxygen atoms in total. The van der Waals surface area contributed by atoms with E-state index in [-0.39, 0.29) is 17.3 Å². The number of rotatable bonds is 8. The first kappa shape index (κ1) is 16.8. The van der Waals surface area contributed by atoms with Crippen molar-refractivity contribution in [2.45, 2.75) is 33.2 Å². The van der Waals surface area contributed by atoms with Gasteiger partial charge in [-0.3, -0.25) is 10.2 Å². The molecule has 23 heavy (non-hydrogen) atoms. The van der Waals surface area contributed by atoms with Gasteiger partial charge >= 0.3 is 0 Å². The first-order valence-corrected chi connectivity index (χ1v) is 7.49. The van der Waals surface area contributed by atoms with Crippen LogP contribution >= 0.6 is 0 Å². The summed E-state index contributed by atoms with van der Waals surface area (Å²) >= 11 is 0. The van der Waals surface area contributed by atoms with Crippen LogP contribution in [0.2, 0.25) is 0 Å². The van der Waals surface area contributed by atoms with Crippen LogP contribution in [0.4, 0.5) is 5.82 Å². The van der Waals surface area contributed by atoms with Gasteiger partial charge in [0.15, 0.2) is 5.69 Å². The number of aromatic nitrogens is 5. The third-order valence-corrected chi connectivity index (χ3v) is 3.43. The number of quaternary nitrogens is 1. The van der Waals surface area contributed by atoms with Crippen molar-refractivity contribution < 1.29 is 14.3 Å². The monoisotopic (exact) mass is 324 g/mol. The third kappa shape index (κ3) is 3.63. The van der Waals surface area contributed by atoms with Crippen LogP contribution in [0.5, 0.6) is 0 Å². The van der Waals surface area contributed by atoms with Gasteiger partial charge in [0.25, 0.3) is 5.91 Å². The fourth-order valence-electron chi connectivity index (χ4n) is 2.46. The molecule has 11 heteroatoms. The number of nitrogen functional groups attached to an aromatic ring is 2. The van der Waals surface area contributed by atoms with Crippen LogP contribution in [-0.4, -0.2) is 44.3 Å². The molecule has 0 spiro atoms.